The van der Waals surface area contributed by atoms with Crippen molar-refractivity contribution in [2.24, 2.45) is 0 Å². The number of unbranched alkanes of at least 4 members (excludes halogenated alkanes) is 11. The smallest absolute Gasteiger partial charge is 0.104 e. The lowest BCUT2D eigenvalue weighted by Crippen LogP contribution is -2.39. The Morgan fingerprint density at radius 2 is 1.17 bits per heavy atom. The number of hydrogen-bond acceptors (Lipinski definition) is 1. The first-order valence-electron chi connectivity index (χ1n) is 10.3. The van der Waals surface area contributed by atoms with Crippen LogP contribution in [0.25, 0.3) is 0 Å². The molecule has 0 unspecified atom stereocenters. The Morgan fingerprint density at radius 3 is 1.67 bits per heavy atom. The quantitative estimate of drug-likeness (QED) is 0.269. The summed E-state index contributed by atoms with van der Waals surface area (Å²) in [7, 11) is 4.69. The Kier molecular flexibility index (Phi) is 11.8. The zero-order chi connectivity index (χ0) is 17.5. The number of pyridine rings is 1. The molecule has 0 aliphatic carbocycles. The zero-order valence-electron chi connectivity index (χ0n) is 16.6. The normalized spacial score (nSPS) is 11.8. The van der Waals surface area contributed by atoms with Gasteiger partial charge in [-0.1, -0.05) is 71.1 Å². The fourth-order valence-corrected chi connectivity index (χ4v) is 3.44. The van der Waals surface area contributed by atoms with E-state index in [2.05, 4.69) is 38.1 Å². The van der Waals surface area contributed by atoms with Crippen molar-refractivity contribution in [3.05, 3.63) is 30.1 Å². The molecule has 1 heterocycles. The highest BCUT2D eigenvalue weighted by Crippen LogP contribution is 2.14. The zero-order valence-corrected chi connectivity index (χ0v) is 16.6. The molecule has 138 valence electrons. The van der Waals surface area contributed by atoms with E-state index in [-0.39, 0.29) is 0 Å². The van der Waals surface area contributed by atoms with E-state index in [0.717, 1.165) is 11.0 Å². The summed E-state index contributed by atoms with van der Waals surface area (Å²) >= 11 is 0. The van der Waals surface area contributed by atoms with E-state index in [1.165, 1.54) is 89.2 Å². The first-order valence-corrected chi connectivity index (χ1v) is 10.3. The molecule has 0 aliphatic heterocycles. The molecule has 0 saturated carbocycles. The summed E-state index contributed by atoms with van der Waals surface area (Å²) in [6, 6.07) is 4.28. The molecule has 24 heavy (non-hydrogen) atoms. The van der Waals surface area contributed by atoms with Gasteiger partial charge in [0, 0.05) is 18.0 Å². The topological polar surface area (TPSA) is 12.9 Å². The summed E-state index contributed by atoms with van der Waals surface area (Å²) in [6.45, 7) is 4.68. The standard InChI is InChI=1S/C22H41N2/c1-4-5-6-7-8-9-10-11-12-13-14-15-20-24(2,3)21-22-16-18-23-19-17-22/h16-19H,4-15,20-21H2,1-3H3/q+1. The van der Waals surface area contributed by atoms with Crippen LogP contribution in [0.2, 0.25) is 0 Å². The molecule has 0 saturated heterocycles. The van der Waals surface area contributed by atoms with E-state index in [4.69, 9.17) is 0 Å². The van der Waals surface area contributed by atoms with Crippen LogP contribution in [-0.4, -0.2) is 30.1 Å². The second kappa shape index (κ2) is 13.4. The average Bonchev–Trinajstić information content (AvgIpc) is 2.56. The van der Waals surface area contributed by atoms with E-state index in [1.807, 2.05) is 12.4 Å². The van der Waals surface area contributed by atoms with Gasteiger partial charge in [0.15, 0.2) is 0 Å². The van der Waals surface area contributed by atoms with E-state index in [0.29, 0.717) is 0 Å². The molecule has 2 nitrogen and oxygen atoms in total. The molecular weight excluding hydrogens is 292 g/mol. The molecule has 1 rings (SSSR count). The average molecular weight is 334 g/mol. The van der Waals surface area contributed by atoms with Gasteiger partial charge in [0.2, 0.25) is 0 Å². The summed E-state index contributed by atoms with van der Waals surface area (Å²) in [5.74, 6) is 0. The van der Waals surface area contributed by atoms with Crippen LogP contribution in [0.3, 0.4) is 0 Å². The van der Waals surface area contributed by atoms with Crippen molar-refractivity contribution >= 4 is 0 Å². The van der Waals surface area contributed by atoms with Crippen LogP contribution in [0.4, 0.5) is 0 Å². The summed E-state index contributed by atoms with van der Waals surface area (Å²) in [5, 5.41) is 0. The molecule has 0 bridgehead atoms. The lowest BCUT2D eigenvalue weighted by molar-refractivity contribution is -0.903. The van der Waals surface area contributed by atoms with Crippen LogP contribution < -0.4 is 0 Å². The lowest BCUT2D eigenvalue weighted by Gasteiger charge is -2.30. The maximum absolute atomic E-state index is 4.10. The largest absolute Gasteiger partial charge is 0.325 e. The maximum atomic E-state index is 4.10. The molecule has 1 aromatic heterocycles. The number of hydrogen-bond donors (Lipinski definition) is 0. The maximum Gasteiger partial charge on any atom is 0.104 e. The van der Waals surface area contributed by atoms with Crippen LogP contribution in [0.1, 0.15) is 89.5 Å². The highest BCUT2D eigenvalue weighted by Gasteiger charge is 2.14. The number of nitrogens with zero attached hydrogens (tertiary/aromatic N) is 2. The van der Waals surface area contributed by atoms with Gasteiger partial charge in [0.05, 0.1) is 20.6 Å². The van der Waals surface area contributed by atoms with Crippen molar-refractivity contribution < 1.29 is 4.48 Å². The molecule has 0 spiro atoms. The first-order chi connectivity index (χ1) is 11.6. The molecular formula is C22H41N2+. The highest BCUT2D eigenvalue weighted by atomic mass is 15.3. The van der Waals surface area contributed by atoms with Crippen LogP contribution in [0.15, 0.2) is 24.5 Å². The molecule has 2 heteroatoms. The van der Waals surface area contributed by atoms with E-state index >= 15 is 0 Å². The minimum Gasteiger partial charge on any atom is -0.325 e. The van der Waals surface area contributed by atoms with Crippen molar-refractivity contribution in [2.75, 3.05) is 20.6 Å². The predicted octanol–water partition coefficient (Wildman–Crippen LogP) is 6.36. The Balaban J connectivity index is 1.92. The van der Waals surface area contributed by atoms with Crippen molar-refractivity contribution in [1.82, 2.24) is 4.98 Å². The van der Waals surface area contributed by atoms with Gasteiger partial charge in [-0.25, -0.2) is 0 Å². The van der Waals surface area contributed by atoms with Crippen molar-refractivity contribution in [1.29, 1.82) is 0 Å². The second-order valence-corrected chi connectivity index (χ2v) is 8.06. The molecule has 0 aromatic carbocycles. The minimum atomic E-state index is 1.09. The van der Waals surface area contributed by atoms with Gasteiger partial charge in [0.1, 0.15) is 6.54 Å². The Labute approximate surface area is 151 Å². The predicted molar refractivity (Wildman–Crippen MR) is 106 cm³/mol. The summed E-state index contributed by atoms with van der Waals surface area (Å²) in [4.78, 5) is 4.10. The van der Waals surface area contributed by atoms with Gasteiger partial charge < -0.3 is 4.48 Å². The van der Waals surface area contributed by atoms with Crippen LogP contribution in [-0.2, 0) is 6.54 Å². The molecule has 0 amide bonds. The Bertz CT molecular complexity index is 386. The third kappa shape index (κ3) is 11.6. The summed E-state index contributed by atoms with van der Waals surface area (Å²) in [6.07, 6.45) is 20.9. The number of quaternary nitrogens is 1. The van der Waals surface area contributed by atoms with E-state index < -0.39 is 0 Å². The molecule has 0 radical (unpaired) electrons. The highest BCUT2D eigenvalue weighted by molar-refractivity contribution is 5.07. The van der Waals surface area contributed by atoms with Gasteiger partial charge in [0.25, 0.3) is 0 Å². The van der Waals surface area contributed by atoms with E-state index in [1.54, 1.807) is 0 Å². The van der Waals surface area contributed by atoms with Crippen LogP contribution >= 0.6 is 0 Å². The molecule has 0 N–H and O–H groups in total. The molecule has 1 aromatic rings. The third-order valence-electron chi connectivity index (χ3n) is 4.98. The summed E-state index contributed by atoms with van der Waals surface area (Å²) < 4.78 is 1.09. The van der Waals surface area contributed by atoms with Crippen molar-refractivity contribution in [3.8, 4) is 0 Å². The Morgan fingerprint density at radius 1 is 0.708 bits per heavy atom. The monoisotopic (exact) mass is 333 g/mol. The van der Waals surface area contributed by atoms with Gasteiger partial charge in [-0.05, 0) is 25.0 Å². The molecule has 0 fully saturated rings. The van der Waals surface area contributed by atoms with Gasteiger partial charge in [-0.2, -0.15) is 0 Å². The van der Waals surface area contributed by atoms with Crippen LogP contribution in [0.5, 0.6) is 0 Å². The SMILES string of the molecule is CCCCCCCCCCCCCC[N+](C)(C)Cc1ccncc1. The van der Waals surface area contributed by atoms with Gasteiger partial charge >= 0.3 is 0 Å². The molecule has 0 atom stereocenters. The van der Waals surface area contributed by atoms with Crippen molar-refractivity contribution in [3.63, 3.8) is 0 Å². The van der Waals surface area contributed by atoms with E-state index in [9.17, 15) is 0 Å². The molecule has 0 aliphatic rings. The first kappa shape index (κ1) is 21.2. The van der Waals surface area contributed by atoms with Crippen LogP contribution in [0, 0.1) is 0 Å². The number of rotatable bonds is 15. The third-order valence-corrected chi connectivity index (χ3v) is 4.98. The second-order valence-electron chi connectivity index (χ2n) is 8.06. The fourth-order valence-electron chi connectivity index (χ4n) is 3.44. The fraction of sp³-hybridized carbons (Fsp3) is 0.773. The summed E-state index contributed by atoms with van der Waals surface area (Å²) in [5.41, 5.74) is 1.40. The lowest BCUT2D eigenvalue weighted by atomic mass is 10.1. The number of aromatic nitrogens is 1. The van der Waals surface area contributed by atoms with Crippen molar-refractivity contribution in [2.45, 2.75) is 90.5 Å². The Hall–Kier alpha value is -0.890. The van der Waals surface area contributed by atoms with Gasteiger partial charge in [-0.15, -0.1) is 0 Å². The minimum absolute atomic E-state index is 1.09. The van der Waals surface area contributed by atoms with Gasteiger partial charge in [-0.3, -0.25) is 4.98 Å².